The average molecular weight is 104 g/mol. The van der Waals surface area contributed by atoms with Gasteiger partial charge in [0.05, 0.1) is 0 Å². The molecular formula is C4H8OS. The molecule has 0 spiro atoms. The predicted octanol–water partition coefficient (Wildman–Crippen LogP) is 1.09. The average Bonchev–Trinajstić information content (AvgIpc) is 2.19. The van der Waals surface area contributed by atoms with Gasteiger partial charge in [-0.3, -0.25) is 0 Å². The number of hydrogen-bond acceptors (Lipinski definition) is 2. The van der Waals surface area contributed by atoms with Gasteiger partial charge in [0, 0.05) is 12.4 Å². The molecule has 0 N–H and O–H groups in total. The molecule has 6 heavy (non-hydrogen) atoms. The Morgan fingerprint density at radius 3 is 2.17 bits per heavy atom. The molecule has 2 heteroatoms. The van der Waals surface area contributed by atoms with Crippen LogP contribution >= 0.6 is 11.8 Å². The van der Waals surface area contributed by atoms with Crippen LogP contribution in [0, 0.1) is 0 Å². The molecule has 0 bridgehead atoms. The fourth-order valence-electron chi connectivity index (χ4n) is 0.413. The van der Waals surface area contributed by atoms with Crippen LogP contribution in [-0.2, 0) is 4.74 Å². The first kappa shape index (κ1) is 4.47. The molecule has 0 aliphatic carbocycles. The summed E-state index contributed by atoms with van der Waals surface area (Å²) >= 11 is 1.87. The van der Waals surface area contributed by atoms with Crippen molar-refractivity contribution >= 4 is 11.8 Å². The monoisotopic (exact) mass is 104 g/mol. The quantitative estimate of drug-likeness (QED) is 0.461. The highest BCUT2D eigenvalue weighted by Gasteiger charge is 2.33. The van der Waals surface area contributed by atoms with Gasteiger partial charge < -0.3 is 4.74 Å². The van der Waals surface area contributed by atoms with Crippen molar-refractivity contribution in [1.29, 1.82) is 0 Å². The van der Waals surface area contributed by atoms with Gasteiger partial charge in [-0.25, -0.2) is 0 Å². The van der Waals surface area contributed by atoms with Crippen LogP contribution in [0.2, 0.25) is 0 Å². The minimum absolute atomic E-state index is 0.519. The zero-order valence-corrected chi connectivity index (χ0v) is 4.79. The third kappa shape index (κ3) is 0.684. The lowest BCUT2D eigenvalue weighted by molar-refractivity contribution is 0.198. The van der Waals surface area contributed by atoms with Crippen molar-refractivity contribution in [3.05, 3.63) is 0 Å². The second-order valence-corrected chi connectivity index (χ2v) is 2.93. The SMILES string of the molecule is COC1SC1C. The molecule has 2 unspecified atom stereocenters. The van der Waals surface area contributed by atoms with Crippen molar-refractivity contribution in [2.75, 3.05) is 7.11 Å². The highest BCUT2D eigenvalue weighted by atomic mass is 32.2. The van der Waals surface area contributed by atoms with Gasteiger partial charge in [0.15, 0.2) is 0 Å². The number of hydrogen-bond donors (Lipinski definition) is 0. The Kier molecular flexibility index (Phi) is 1.06. The molecule has 0 amide bonds. The molecule has 0 saturated carbocycles. The van der Waals surface area contributed by atoms with E-state index in [1.165, 1.54) is 0 Å². The second-order valence-electron chi connectivity index (χ2n) is 1.45. The molecule has 36 valence electrons. The van der Waals surface area contributed by atoms with E-state index in [1.807, 2.05) is 11.8 Å². The van der Waals surface area contributed by atoms with Gasteiger partial charge in [-0.1, -0.05) is 0 Å². The Labute approximate surface area is 42.1 Å². The Hall–Kier alpha value is 0.310. The first-order valence-corrected chi connectivity index (χ1v) is 2.97. The van der Waals surface area contributed by atoms with E-state index < -0.39 is 0 Å². The van der Waals surface area contributed by atoms with E-state index in [9.17, 15) is 0 Å². The zero-order chi connectivity index (χ0) is 4.57. The molecule has 1 nitrogen and oxygen atoms in total. The largest absolute Gasteiger partial charge is 0.370 e. The van der Waals surface area contributed by atoms with Gasteiger partial charge in [0.25, 0.3) is 0 Å². The van der Waals surface area contributed by atoms with Gasteiger partial charge >= 0.3 is 0 Å². The van der Waals surface area contributed by atoms with Gasteiger partial charge in [-0.2, -0.15) is 0 Å². The van der Waals surface area contributed by atoms with Crippen LogP contribution in [-0.4, -0.2) is 17.8 Å². The fourth-order valence-corrected chi connectivity index (χ4v) is 0.968. The molecule has 0 radical (unpaired) electrons. The summed E-state index contributed by atoms with van der Waals surface area (Å²) < 4.78 is 4.94. The van der Waals surface area contributed by atoms with Crippen LogP contribution in [0.15, 0.2) is 0 Å². The molecule has 1 fully saturated rings. The highest BCUT2D eigenvalue weighted by molar-refractivity contribution is 8.07. The normalized spacial score (nSPS) is 43.0. The smallest absolute Gasteiger partial charge is 0.114 e. The van der Waals surface area contributed by atoms with Crippen LogP contribution in [0.4, 0.5) is 0 Å². The summed E-state index contributed by atoms with van der Waals surface area (Å²) in [5, 5.41) is 0.759. The van der Waals surface area contributed by atoms with E-state index in [0.717, 1.165) is 5.25 Å². The molecule has 1 aliphatic rings. The molecule has 0 aromatic heterocycles. The Morgan fingerprint density at radius 1 is 1.67 bits per heavy atom. The van der Waals surface area contributed by atoms with E-state index in [0.29, 0.717) is 5.44 Å². The highest BCUT2D eigenvalue weighted by Crippen LogP contribution is 2.40. The lowest BCUT2D eigenvalue weighted by atomic mass is 10.5. The fraction of sp³-hybridized carbons (Fsp3) is 1.00. The van der Waals surface area contributed by atoms with Crippen molar-refractivity contribution in [2.24, 2.45) is 0 Å². The third-order valence-corrected chi connectivity index (χ3v) is 2.12. The van der Waals surface area contributed by atoms with E-state index >= 15 is 0 Å². The van der Waals surface area contributed by atoms with Crippen LogP contribution in [0.25, 0.3) is 0 Å². The first-order valence-electron chi connectivity index (χ1n) is 2.03. The summed E-state index contributed by atoms with van der Waals surface area (Å²) in [6.45, 7) is 2.17. The molecule has 1 heterocycles. The van der Waals surface area contributed by atoms with Crippen molar-refractivity contribution in [3.63, 3.8) is 0 Å². The van der Waals surface area contributed by atoms with Crippen LogP contribution in [0.3, 0.4) is 0 Å². The first-order chi connectivity index (χ1) is 2.84. The summed E-state index contributed by atoms with van der Waals surface area (Å²) in [5.74, 6) is 0. The summed E-state index contributed by atoms with van der Waals surface area (Å²) in [6.07, 6.45) is 0. The molecule has 1 aliphatic heterocycles. The summed E-state index contributed by atoms with van der Waals surface area (Å²) in [7, 11) is 1.75. The molecule has 1 rings (SSSR count). The van der Waals surface area contributed by atoms with Crippen molar-refractivity contribution in [1.82, 2.24) is 0 Å². The third-order valence-electron chi connectivity index (χ3n) is 0.888. The molecular weight excluding hydrogens is 96.1 g/mol. The Morgan fingerprint density at radius 2 is 2.17 bits per heavy atom. The maximum atomic E-state index is 4.94. The summed E-state index contributed by atoms with van der Waals surface area (Å²) in [6, 6.07) is 0. The number of thioether (sulfide) groups is 1. The maximum absolute atomic E-state index is 4.94. The van der Waals surface area contributed by atoms with Crippen molar-refractivity contribution < 1.29 is 4.74 Å². The Balaban J connectivity index is 2.09. The van der Waals surface area contributed by atoms with Gasteiger partial charge in [0.1, 0.15) is 5.44 Å². The van der Waals surface area contributed by atoms with E-state index in [-0.39, 0.29) is 0 Å². The lowest BCUT2D eigenvalue weighted by Crippen LogP contribution is -1.88. The molecule has 2 atom stereocenters. The second kappa shape index (κ2) is 1.43. The number of ether oxygens (including phenoxy) is 1. The molecule has 0 aromatic rings. The zero-order valence-electron chi connectivity index (χ0n) is 3.97. The number of methoxy groups -OCH3 is 1. The minimum Gasteiger partial charge on any atom is -0.370 e. The van der Waals surface area contributed by atoms with E-state index in [2.05, 4.69) is 6.92 Å². The van der Waals surface area contributed by atoms with E-state index in [4.69, 9.17) is 4.74 Å². The summed E-state index contributed by atoms with van der Waals surface area (Å²) in [4.78, 5) is 0. The summed E-state index contributed by atoms with van der Waals surface area (Å²) in [5.41, 5.74) is 0.519. The van der Waals surface area contributed by atoms with Gasteiger partial charge in [-0.05, 0) is 6.92 Å². The maximum Gasteiger partial charge on any atom is 0.114 e. The van der Waals surface area contributed by atoms with Crippen LogP contribution in [0.1, 0.15) is 6.92 Å². The predicted molar refractivity (Wildman–Crippen MR) is 27.8 cm³/mol. The molecule has 1 saturated heterocycles. The lowest BCUT2D eigenvalue weighted by Gasteiger charge is -1.82. The number of rotatable bonds is 1. The van der Waals surface area contributed by atoms with Crippen molar-refractivity contribution in [3.8, 4) is 0 Å². The van der Waals surface area contributed by atoms with Crippen molar-refractivity contribution in [2.45, 2.75) is 17.6 Å². The van der Waals surface area contributed by atoms with Crippen LogP contribution in [0.5, 0.6) is 0 Å². The molecule has 0 aromatic carbocycles. The standard InChI is InChI=1S/C4H8OS/c1-3-4(5-2)6-3/h3-4H,1-2H3. The van der Waals surface area contributed by atoms with Gasteiger partial charge in [0.2, 0.25) is 0 Å². The topological polar surface area (TPSA) is 9.23 Å². The van der Waals surface area contributed by atoms with E-state index in [1.54, 1.807) is 7.11 Å². The van der Waals surface area contributed by atoms with Crippen LogP contribution < -0.4 is 0 Å². The minimum atomic E-state index is 0.519. The Bertz CT molecular complexity index is 53.5. The van der Waals surface area contributed by atoms with Gasteiger partial charge in [-0.15, -0.1) is 11.8 Å².